The van der Waals surface area contributed by atoms with Crippen molar-refractivity contribution in [2.75, 3.05) is 19.0 Å². The maximum Gasteiger partial charge on any atom is 0.230 e. The second-order valence-corrected chi connectivity index (χ2v) is 7.80. The summed E-state index contributed by atoms with van der Waals surface area (Å²) in [5.41, 5.74) is 2.04. The van der Waals surface area contributed by atoms with E-state index in [9.17, 15) is 4.79 Å². The summed E-state index contributed by atoms with van der Waals surface area (Å²) < 4.78 is 11.3. The van der Waals surface area contributed by atoms with E-state index in [1.54, 1.807) is 0 Å². The van der Waals surface area contributed by atoms with Crippen molar-refractivity contribution in [1.82, 2.24) is 10.3 Å². The first-order valence-electron chi connectivity index (χ1n) is 9.38. The molecule has 2 heterocycles. The highest BCUT2D eigenvalue weighted by Crippen LogP contribution is 2.36. The van der Waals surface area contributed by atoms with Crippen molar-refractivity contribution in [3.63, 3.8) is 0 Å². The first-order valence-corrected chi connectivity index (χ1v) is 10.4. The zero-order valence-corrected chi connectivity index (χ0v) is 15.9. The number of nitrogens with one attached hydrogen (secondary N) is 1. The smallest absolute Gasteiger partial charge is 0.230 e. The van der Waals surface area contributed by atoms with Crippen LogP contribution in [-0.4, -0.2) is 35.9 Å². The summed E-state index contributed by atoms with van der Waals surface area (Å²) in [5.74, 6) is 2.04. The van der Waals surface area contributed by atoms with Gasteiger partial charge in [-0.15, -0.1) is 0 Å². The Kier molecular flexibility index (Phi) is 5.20. The van der Waals surface area contributed by atoms with Crippen LogP contribution in [0.15, 0.2) is 23.2 Å². The molecule has 2 aliphatic rings. The van der Waals surface area contributed by atoms with Gasteiger partial charge >= 0.3 is 0 Å². The Balaban J connectivity index is 1.52. The van der Waals surface area contributed by atoms with Crippen molar-refractivity contribution in [3.05, 3.63) is 23.8 Å². The quantitative estimate of drug-likeness (QED) is 0.811. The van der Waals surface area contributed by atoms with E-state index < -0.39 is 0 Å². The SMILES string of the molecule is CCc1cc2cc3c(cc2nc1SCC(=O)NC1CCCC1)OCCO3. The summed E-state index contributed by atoms with van der Waals surface area (Å²) in [6.07, 6.45) is 5.54. The fourth-order valence-electron chi connectivity index (χ4n) is 3.59. The number of fused-ring (bicyclic) bond motifs is 2. The molecule has 5 nitrogen and oxygen atoms in total. The Hall–Kier alpha value is -1.95. The van der Waals surface area contributed by atoms with Gasteiger partial charge in [0.15, 0.2) is 11.5 Å². The summed E-state index contributed by atoms with van der Waals surface area (Å²) >= 11 is 1.52. The van der Waals surface area contributed by atoms with Crippen LogP contribution >= 0.6 is 11.8 Å². The molecule has 26 heavy (non-hydrogen) atoms. The highest BCUT2D eigenvalue weighted by atomic mass is 32.2. The van der Waals surface area contributed by atoms with Gasteiger partial charge in [0.1, 0.15) is 18.2 Å². The molecule has 4 rings (SSSR count). The first-order chi connectivity index (χ1) is 12.7. The van der Waals surface area contributed by atoms with Gasteiger partial charge < -0.3 is 14.8 Å². The highest BCUT2D eigenvalue weighted by molar-refractivity contribution is 7.99. The predicted octanol–water partition coefficient (Wildman–Crippen LogP) is 3.72. The number of aromatic nitrogens is 1. The Bertz CT molecular complexity index is 818. The van der Waals surface area contributed by atoms with Gasteiger partial charge in [-0.2, -0.15) is 0 Å². The maximum absolute atomic E-state index is 12.2. The number of pyridine rings is 1. The number of benzene rings is 1. The van der Waals surface area contributed by atoms with E-state index in [1.165, 1.54) is 24.6 Å². The van der Waals surface area contributed by atoms with Crippen molar-refractivity contribution < 1.29 is 14.3 Å². The Morgan fingerprint density at radius 3 is 2.65 bits per heavy atom. The molecule has 0 atom stereocenters. The molecular formula is C20H24N2O3S. The van der Waals surface area contributed by atoms with Gasteiger partial charge in [0.25, 0.3) is 0 Å². The molecule has 0 bridgehead atoms. The average Bonchev–Trinajstić information content (AvgIpc) is 3.16. The van der Waals surface area contributed by atoms with E-state index in [4.69, 9.17) is 14.5 Å². The number of rotatable bonds is 5. The lowest BCUT2D eigenvalue weighted by Gasteiger charge is -2.19. The molecule has 138 valence electrons. The lowest BCUT2D eigenvalue weighted by atomic mass is 10.1. The van der Waals surface area contributed by atoms with Gasteiger partial charge in [-0.1, -0.05) is 31.5 Å². The summed E-state index contributed by atoms with van der Waals surface area (Å²) in [6, 6.07) is 6.45. The van der Waals surface area contributed by atoms with Crippen LogP contribution in [-0.2, 0) is 11.2 Å². The molecule has 1 aromatic carbocycles. The van der Waals surface area contributed by atoms with Crippen molar-refractivity contribution in [2.24, 2.45) is 0 Å². The van der Waals surface area contributed by atoms with Crippen LogP contribution in [0.1, 0.15) is 38.2 Å². The predicted molar refractivity (Wildman–Crippen MR) is 103 cm³/mol. The summed E-state index contributed by atoms with van der Waals surface area (Å²) in [4.78, 5) is 17.0. The Morgan fingerprint density at radius 2 is 1.92 bits per heavy atom. The third-order valence-corrected chi connectivity index (χ3v) is 5.99. The van der Waals surface area contributed by atoms with Crippen LogP contribution in [0.25, 0.3) is 10.9 Å². The van der Waals surface area contributed by atoms with Gasteiger partial charge in [0.2, 0.25) is 5.91 Å². The maximum atomic E-state index is 12.2. The second-order valence-electron chi connectivity index (χ2n) is 6.83. The minimum atomic E-state index is 0.105. The minimum Gasteiger partial charge on any atom is -0.486 e. The van der Waals surface area contributed by atoms with Crippen molar-refractivity contribution >= 4 is 28.6 Å². The fourth-order valence-corrected chi connectivity index (χ4v) is 4.49. The van der Waals surface area contributed by atoms with E-state index in [0.29, 0.717) is 25.0 Å². The van der Waals surface area contributed by atoms with Crippen LogP contribution in [0.4, 0.5) is 0 Å². The van der Waals surface area contributed by atoms with Crippen LogP contribution in [0.3, 0.4) is 0 Å². The Morgan fingerprint density at radius 1 is 1.19 bits per heavy atom. The molecule has 1 aliphatic heterocycles. The van der Waals surface area contributed by atoms with Gasteiger partial charge in [-0.3, -0.25) is 4.79 Å². The normalized spacial score (nSPS) is 16.8. The largest absolute Gasteiger partial charge is 0.486 e. The van der Waals surface area contributed by atoms with E-state index >= 15 is 0 Å². The van der Waals surface area contributed by atoms with Gasteiger partial charge in [0.05, 0.1) is 11.3 Å². The number of thioether (sulfide) groups is 1. The molecule has 0 unspecified atom stereocenters. The number of aryl methyl sites for hydroxylation is 1. The molecule has 2 aromatic rings. The molecule has 1 aromatic heterocycles. The topological polar surface area (TPSA) is 60.5 Å². The number of amides is 1. The summed E-state index contributed by atoms with van der Waals surface area (Å²) in [7, 11) is 0. The van der Waals surface area contributed by atoms with E-state index in [1.807, 2.05) is 12.1 Å². The monoisotopic (exact) mass is 372 g/mol. The van der Waals surface area contributed by atoms with Crippen LogP contribution in [0.2, 0.25) is 0 Å². The van der Waals surface area contributed by atoms with Gasteiger partial charge in [-0.25, -0.2) is 4.98 Å². The van der Waals surface area contributed by atoms with Gasteiger partial charge in [-0.05, 0) is 37.0 Å². The minimum absolute atomic E-state index is 0.105. The first kappa shape index (κ1) is 17.5. The number of nitrogens with zero attached hydrogens (tertiary/aromatic N) is 1. The number of hydrogen-bond acceptors (Lipinski definition) is 5. The number of carbonyl (C=O) groups excluding carboxylic acids is 1. The number of hydrogen-bond donors (Lipinski definition) is 1. The molecule has 6 heteroatoms. The zero-order valence-electron chi connectivity index (χ0n) is 15.0. The lowest BCUT2D eigenvalue weighted by molar-refractivity contribution is -0.119. The lowest BCUT2D eigenvalue weighted by Crippen LogP contribution is -2.33. The fraction of sp³-hybridized carbons (Fsp3) is 0.500. The van der Waals surface area contributed by atoms with Gasteiger partial charge in [0, 0.05) is 17.5 Å². The Labute approximate surface area is 157 Å². The van der Waals surface area contributed by atoms with E-state index in [-0.39, 0.29) is 5.91 Å². The molecule has 1 fully saturated rings. The second kappa shape index (κ2) is 7.74. The molecule has 1 saturated carbocycles. The molecule has 0 radical (unpaired) electrons. The average molecular weight is 372 g/mol. The molecular weight excluding hydrogens is 348 g/mol. The van der Waals surface area contributed by atoms with Crippen LogP contribution in [0, 0.1) is 0 Å². The standard InChI is InChI=1S/C20H24N2O3S/c1-2-13-9-14-10-17-18(25-8-7-24-17)11-16(14)22-20(13)26-12-19(23)21-15-5-3-4-6-15/h9-11,15H,2-8,12H2,1H3,(H,21,23). The van der Waals surface area contributed by atoms with Crippen LogP contribution < -0.4 is 14.8 Å². The summed E-state index contributed by atoms with van der Waals surface area (Å²) in [5, 5.41) is 5.12. The molecule has 0 spiro atoms. The number of ether oxygens (including phenoxy) is 2. The highest BCUT2D eigenvalue weighted by Gasteiger charge is 2.18. The third-order valence-electron chi connectivity index (χ3n) is 4.96. The molecule has 1 N–H and O–H groups in total. The zero-order chi connectivity index (χ0) is 17.9. The number of carbonyl (C=O) groups is 1. The van der Waals surface area contributed by atoms with Crippen LogP contribution in [0.5, 0.6) is 11.5 Å². The van der Waals surface area contributed by atoms with Crippen molar-refractivity contribution in [1.29, 1.82) is 0 Å². The summed E-state index contributed by atoms with van der Waals surface area (Å²) in [6.45, 7) is 3.26. The molecule has 0 saturated heterocycles. The van der Waals surface area contributed by atoms with E-state index in [2.05, 4.69) is 18.3 Å². The third kappa shape index (κ3) is 3.75. The molecule has 1 amide bonds. The van der Waals surface area contributed by atoms with Crippen molar-refractivity contribution in [2.45, 2.75) is 50.1 Å². The van der Waals surface area contributed by atoms with E-state index in [0.717, 1.165) is 52.3 Å². The molecule has 1 aliphatic carbocycles. The van der Waals surface area contributed by atoms with Crippen molar-refractivity contribution in [3.8, 4) is 11.5 Å².